The van der Waals surface area contributed by atoms with Crippen LogP contribution in [0.3, 0.4) is 0 Å². The van der Waals surface area contributed by atoms with Crippen molar-refractivity contribution in [1.29, 1.82) is 0 Å². The summed E-state index contributed by atoms with van der Waals surface area (Å²) in [6.45, 7) is 14.0. The lowest BCUT2D eigenvalue weighted by molar-refractivity contribution is -0.159. The number of hydrogen-bond acceptors (Lipinski definition) is 4. The Labute approximate surface area is 206 Å². The predicted octanol–water partition coefficient (Wildman–Crippen LogP) is 3.31. The van der Waals surface area contributed by atoms with E-state index >= 15 is 0 Å². The lowest BCUT2D eigenvalue weighted by Gasteiger charge is -2.52. The van der Waals surface area contributed by atoms with Crippen molar-refractivity contribution in [2.45, 2.75) is 83.4 Å². The van der Waals surface area contributed by atoms with E-state index in [1.807, 2.05) is 30.0 Å². The minimum Gasteiger partial charge on any atom is -0.413 e. The highest BCUT2D eigenvalue weighted by Gasteiger charge is 2.56. The first kappa shape index (κ1) is 24.1. The molecular formula is C26H36N4O4Si. The third-order valence-electron chi connectivity index (χ3n) is 8.51. The molecule has 1 amide bonds. The first-order valence-corrected chi connectivity index (χ1v) is 15.5. The van der Waals surface area contributed by atoms with Crippen molar-refractivity contribution in [3.63, 3.8) is 0 Å². The number of rotatable bonds is 4. The van der Waals surface area contributed by atoms with Gasteiger partial charge in [-0.05, 0) is 55.6 Å². The van der Waals surface area contributed by atoms with Crippen molar-refractivity contribution in [2.75, 3.05) is 6.54 Å². The van der Waals surface area contributed by atoms with Crippen LogP contribution in [0.4, 0.5) is 0 Å². The summed E-state index contributed by atoms with van der Waals surface area (Å²) < 4.78 is 11.1. The summed E-state index contributed by atoms with van der Waals surface area (Å²) in [4.78, 5) is 42.0. The van der Waals surface area contributed by atoms with Crippen molar-refractivity contribution in [1.82, 2.24) is 18.8 Å². The fourth-order valence-corrected chi connectivity index (χ4v) is 7.11. The fourth-order valence-electron chi connectivity index (χ4n) is 5.68. The zero-order valence-electron chi connectivity index (χ0n) is 21.5. The van der Waals surface area contributed by atoms with Gasteiger partial charge in [-0.1, -0.05) is 45.0 Å². The highest BCUT2D eigenvalue weighted by Crippen LogP contribution is 2.46. The minimum atomic E-state index is -2.06. The lowest BCUT2D eigenvalue weighted by Crippen LogP contribution is -2.66. The molecule has 0 radical (unpaired) electrons. The molecule has 188 valence electrons. The van der Waals surface area contributed by atoms with Crippen LogP contribution in [0.15, 0.2) is 51.6 Å². The first-order chi connectivity index (χ1) is 16.4. The largest absolute Gasteiger partial charge is 0.413 e. The van der Waals surface area contributed by atoms with Gasteiger partial charge in [0.15, 0.2) is 8.32 Å². The van der Waals surface area contributed by atoms with Crippen LogP contribution in [0.5, 0.6) is 0 Å². The number of aromatic nitrogens is 3. The first-order valence-electron chi connectivity index (χ1n) is 12.6. The van der Waals surface area contributed by atoms with Crippen molar-refractivity contribution in [3.8, 4) is 5.69 Å². The zero-order valence-corrected chi connectivity index (χ0v) is 22.5. The molecule has 1 aromatic carbocycles. The van der Waals surface area contributed by atoms with Gasteiger partial charge in [0.1, 0.15) is 0 Å². The maximum Gasteiger partial charge on any atom is 0.352 e. The van der Waals surface area contributed by atoms with Crippen molar-refractivity contribution >= 4 is 14.2 Å². The summed E-state index contributed by atoms with van der Waals surface area (Å²) >= 11 is 0. The highest BCUT2D eigenvalue weighted by atomic mass is 28.4. The Balaban J connectivity index is 1.51. The van der Waals surface area contributed by atoms with Gasteiger partial charge in [-0.2, -0.15) is 0 Å². The topological polar surface area (TPSA) is 78.5 Å². The molecule has 0 unspecified atom stereocenters. The zero-order chi connectivity index (χ0) is 25.3. The summed E-state index contributed by atoms with van der Waals surface area (Å²) in [5, 5.41) is 0.0492. The standard InChI is InChI=1S/C26H36N4O4Si/c1-17(34-35(5,6)26(2,3)4)21-22-19-14-16-28-24(32)29(18-11-8-7-9-12-18)25(33)30(28)20(19)13-10-15-27(22)23(21)31/h7-9,11-12,14,17,20-22H,10,13,15-16H2,1-6H3/t17-,20-,21-,22-/m1/s1. The van der Waals surface area contributed by atoms with Gasteiger partial charge in [0.05, 0.1) is 36.3 Å². The molecular weight excluding hydrogens is 460 g/mol. The van der Waals surface area contributed by atoms with Crippen LogP contribution in [-0.4, -0.2) is 51.7 Å². The summed E-state index contributed by atoms with van der Waals surface area (Å²) in [5.74, 6) is -0.124. The molecule has 0 bridgehead atoms. The number of β-lactam (4-membered cyclic amide) rings is 1. The van der Waals surface area contributed by atoms with Crippen molar-refractivity contribution in [2.24, 2.45) is 5.92 Å². The maximum atomic E-state index is 13.6. The van der Waals surface area contributed by atoms with Crippen LogP contribution in [0.2, 0.25) is 18.1 Å². The second-order valence-corrected chi connectivity index (χ2v) is 16.4. The molecule has 4 heterocycles. The molecule has 5 rings (SSSR count). The molecule has 2 aromatic rings. The van der Waals surface area contributed by atoms with E-state index in [1.165, 1.54) is 4.57 Å². The van der Waals surface area contributed by atoms with E-state index in [1.54, 1.807) is 21.5 Å². The van der Waals surface area contributed by atoms with Gasteiger partial charge in [0.2, 0.25) is 5.91 Å². The number of nitrogens with zero attached hydrogens (tertiary/aromatic N) is 4. The highest BCUT2D eigenvalue weighted by molar-refractivity contribution is 6.74. The number of amides is 1. The van der Waals surface area contributed by atoms with Crippen LogP contribution in [0, 0.1) is 5.92 Å². The van der Waals surface area contributed by atoms with E-state index in [2.05, 4.69) is 39.9 Å². The molecule has 1 aromatic heterocycles. The number of benzene rings is 1. The predicted molar refractivity (Wildman–Crippen MR) is 137 cm³/mol. The van der Waals surface area contributed by atoms with Crippen LogP contribution >= 0.6 is 0 Å². The van der Waals surface area contributed by atoms with Gasteiger partial charge in [-0.15, -0.1) is 0 Å². The molecule has 9 heteroatoms. The summed E-state index contributed by atoms with van der Waals surface area (Å²) in [6.07, 6.45) is 3.36. The molecule has 35 heavy (non-hydrogen) atoms. The Bertz CT molecular complexity index is 1300. The normalized spacial score (nSPS) is 25.1. The van der Waals surface area contributed by atoms with Crippen LogP contribution < -0.4 is 11.4 Å². The SMILES string of the molecule is C[C@@H](O[Si](C)(C)C(C)(C)C)[C@H]1C(=O)N2CCC[C@@H]3C(=CCn4c(=O)n(-c5ccccc5)c(=O)n43)[C@H]12. The molecule has 0 N–H and O–H groups in total. The Morgan fingerprint density at radius 2 is 1.74 bits per heavy atom. The molecule has 0 saturated carbocycles. The number of allylic oxidation sites excluding steroid dienone is 1. The number of hydrogen-bond donors (Lipinski definition) is 0. The van der Waals surface area contributed by atoms with E-state index in [9.17, 15) is 14.4 Å². The van der Waals surface area contributed by atoms with Gasteiger partial charge < -0.3 is 9.33 Å². The quantitative estimate of drug-likeness (QED) is 0.370. The van der Waals surface area contributed by atoms with Crippen molar-refractivity contribution < 1.29 is 9.22 Å². The van der Waals surface area contributed by atoms with Gasteiger partial charge in [0, 0.05) is 6.54 Å². The lowest BCUT2D eigenvalue weighted by atomic mass is 9.77. The van der Waals surface area contributed by atoms with Gasteiger partial charge in [-0.25, -0.2) is 23.5 Å². The van der Waals surface area contributed by atoms with Gasteiger partial charge in [0.25, 0.3) is 0 Å². The molecule has 4 atom stereocenters. The van der Waals surface area contributed by atoms with E-state index in [0.29, 0.717) is 25.2 Å². The minimum absolute atomic E-state index is 0.0492. The Kier molecular flexibility index (Phi) is 5.63. The van der Waals surface area contributed by atoms with Crippen LogP contribution in [0.1, 0.15) is 46.6 Å². The molecule has 0 spiro atoms. The second kappa shape index (κ2) is 8.20. The van der Waals surface area contributed by atoms with Gasteiger partial charge in [-0.3, -0.25) is 4.79 Å². The third-order valence-corrected chi connectivity index (χ3v) is 13.1. The Morgan fingerprint density at radius 3 is 2.40 bits per heavy atom. The monoisotopic (exact) mass is 496 g/mol. The number of carbonyl (C=O) groups excluding carboxylic acids is 1. The van der Waals surface area contributed by atoms with Crippen LogP contribution in [0.25, 0.3) is 5.69 Å². The van der Waals surface area contributed by atoms with E-state index in [-0.39, 0.29) is 46.4 Å². The maximum absolute atomic E-state index is 13.6. The molecule has 3 aliphatic heterocycles. The molecule has 0 aliphatic carbocycles. The van der Waals surface area contributed by atoms with Gasteiger partial charge >= 0.3 is 11.4 Å². The van der Waals surface area contributed by atoms with E-state index in [0.717, 1.165) is 12.0 Å². The number of para-hydroxylation sites is 1. The summed E-state index contributed by atoms with van der Waals surface area (Å²) in [5.41, 5.74) is 0.998. The second-order valence-electron chi connectivity index (χ2n) is 11.6. The average Bonchev–Trinajstić information content (AvgIpc) is 2.93. The molecule has 2 saturated heterocycles. The molecule has 8 nitrogen and oxygen atoms in total. The number of carbonyl (C=O) groups is 1. The Hall–Kier alpha value is -2.65. The van der Waals surface area contributed by atoms with Crippen LogP contribution in [-0.2, 0) is 15.8 Å². The van der Waals surface area contributed by atoms with E-state index < -0.39 is 8.32 Å². The Morgan fingerprint density at radius 1 is 1.06 bits per heavy atom. The fraction of sp³-hybridized carbons (Fsp3) is 0.577. The summed E-state index contributed by atoms with van der Waals surface area (Å²) in [6, 6.07) is 8.74. The van der Waals surface area contributed by atoms with Crippen molar-refractivity contribution in [3.05, 3.63) is 62.9 Å². The van der Waals surface area contributed by atoms with E-state index in [4.69, 9.17) is 4.43 Å². The third kappa shape index (κ3) is 3.62. The average molecular weight is 497 g/mol. The summed E-state index contributed by atoms with van der Waals surface area (Å²) in [7, 11) is -2.06. The molecule has 2 fully saturated rings. The smallest absolute Gasteiger partial charge is 0.352 e. The number of fused-ring (bicyclic) bond motifs is 5. The molecule has 3 aliphatic rings.